The monoisotopic (exact) mass is 309 g/mol. The van der Waals surface area contributed by atoms with Crippen LogP contribution in [0.4, 0.5) is 0 Å². The molecule has 0 radical (unpaired) electrons. The number of hydrogen-bond donors (Lipinski definition) is 4. The van der Waals surface area contributed by atoms with E-state index < -0.39 is 23.9 Å². The van der Waals surface area contributed by atoms with E-state index in [0.717, 1.165) is 6.33 Å². The summed E-state index contributed by atoms with van der Waals surface area (Å²) in [6.07, 6.45) is 0.787. The maximum absolute atomic E-state index is 12.1. The number of carboxylic acid groups (broad SMARTS) is 2. The highest BCUT2D eigenvalue weighted by atomic mass is 32.1. The van der Waals surface area contributed by atoms with Gasteiger partial charge in [-0.1, -0.05) is 6.07 Å². The fourth-order valence-corrected chi connectivity index (χ4v) is 2.52. The average Bonchev–Trinajstić information content (AvgIpc) is 3.08. The number of imidazole rings is 1. The van der Waals surface area contributed by atoms with Crippen LogP contribution in [0.3, 0.4) is 0 Å². The Hall–Kier alpha value is -2.68. The SMILES string of the molecule is O=C(O)CC(NC(=O)c1nc[nH]c1C(=O)O)c1cccs1. The van der Waals surface area contributed by atoms with Crippen LogP contribution in [0, 0.1) is 0 Å². The van der Waals surface area contributed by atoms with Gasteiger partial charge >= 0.3 is 11.9 Å². The third kappa shape index (κ3) is 3.45. The highest BCUT2D eigenvalue weighted by Crippen LogP contribution is 2.22. The number of H-pyrrole nitrogens is 1. The Labute approximate surface area is 122 Å². The van der Waals surface area contributed by atoms with Gasteiger partial charge in [0.2, 0.25) is 0 Å². The van der Waals surface area contributed by atoms with E-state index in [1.165, 1.54) is 11.3 Å². The van der Waals surface area contributed by atoms with E-state index in [1.807, 2.05) is 0 Å². The fraction of sp³-hybridized carbons (Fsp3) is 0.167. The molecule has 1 atom stereocenters. The maximum Gasteiger partial charge on any atom is 0.354 e. The molecule has 0 aliphatic rings. The van der Waals surface area contributed by atoms with Gasteiger partial charge in [-0.2, -0.15) is 0 Å². The number of nitrogens with one attached hydrogen (secondary N) is 2. The molecule has 0 saturated heterocycles. The predicted octanol–water partition coefficient (Wildman–Crippen LogP) is 1.12. The van der Waals surface area contributed by atoms with Crippen molar-refractivity contribution in [2.75, 3.05) is 0 Å². The van der Waals surface area contributed by atoms with Gasteiger partial charge in [-0.25, -0.2) is 9.78 Å². The van der Waals surface area contributed by atoms with E-state index >= 15 is 0 Å². The number of amides is 1. The van der Waals surface area contributed by atoms with Crippen molar-refractivity contribution in [2.24, 2.45) is 0 Å². The van der Waals surface area contributed by atoms with Gasteiger partial charge in [0.05, 0.1) is 18.8 Å². The molecule has 21 heavy (non-hydrogen) atoms. The smallest absolute Gasteiger partial charge is 0.354 e. The van der Waals surface area contributed by atoms with Gasteiger partial charge in [0.25, 0.3) is 5.91 Å². The number of carbonyl (C=O) groups excluding carboxylic acids is 1. The van der Waals surface area contributed by atoms with Crippen LogP contribution in [-0.4, -0.2) is 38.0 Å². The number of hydrogen-bond acceptors (Lipinski definition) is 5. The third-order valence-corrected chi connectivity index (χ3v) is 3.62. The second-order valence-electron chi connectivity index (χ2n) is 4.07. The Morgan fingerprint density at radius 1 is 1.38 bits per heavy atom. The molecular weight excluding hydrogens is 298 g/mol. The zero-order valence-corrected chi connectivity index (χ0v) is 11.4. The number of rotatable bonds is 6. The molecule has 0 saturated carbocycles. The van der Waals surface area contributed by atoms with E-state index in [2.05, 4.69) is 15.3 Å². The molecule has 9 heteroatoms. The molecule has 0 aromatic carbocycles. The van der Waals surface area contributed by atoms with Crippen LogP contribution in [0.1, 0.15) is 38.3 Å². The molecule has 0 bridgehead atoms. The molecule has 1 unspecified atom stereocenters. The lowest BCUT2D eigenvalue weighted by Gasteiger charge is -2.14. The maximum atomic E-state index is 12.1. The van der Waals surface area contributed by atoms with Crippen LogP contribution in [0.15, 0.2) is 23.8 Å². The van der Waals surface area contributed by atoms with Crippen molar-refractivity contribution < 1.29 is 24.6 Å². The van der Waals surface area contributed by atoms with Gasteiger partial charge in [0.1, 0.15) is 0 Å². The third-order valence-electron chi connectivity index (χ3n) is 2.64. The number of aromatic amines is 1. The highest BCUT2D eigenvalue weighted by Gasteiger charge is 2.24. The standard InChI is InChI=1S/C12H11N3O5S/c16-8(17)4-6(7-2-1-3-21-7)15-11(18)9-10(12(19)20)14-5-13-9/h1-3,5-6H,4H2,(H,13,14)(H,15,18)(H,16,17)(H,19,20). The van der Waals surface area contributed by atoms with E-state index in [4.69, 9.17) is 10.2 Å². The molecule has 0 aliphatic heterocycles. The van der Waals surface area contributed by atoms with Crippen LogP contribution < -0.4 is 5.32 Å². The summed E-state index contributed by atoms with van der Waals surface area (Å²) in [6.45, 7) is 0. The lowest BCUT2D eigenvalue weighted by molar-refractivity contribution is -0.137. The molecular formula is C12H11N3O5S. The molecule has 1 amide bonds. The molecule has 0 aliphatic carbocycles. The first-order valence-electron chi connectivity index (χ1n) is 5.81. The summed E-state index contributed by atoms with van der Waals surface area (Å²) in [5.74, 6) is -3.13. The first-order chi connectivity index (χ1) is 9.99. The van der Waals surface area contributed by atoms with Gasteiger partial charge < -0.3 is 20.5 Å². The lowest BCUT2D eigenvalue weighted by atomic mass is 10.1. The van der Waals surface area contributed by atoms with Crippen LogP contribution in [0.2, 0.25) is 0 Å². The minimum Gasteiger partial charge on any atom is -0.481 e. The molecule has 2 aromatic heterocycles. The summed E-state index contributed by atoms with van der Waals surface area (Å²) in [4.78, 5) is 40.6. The van der Waals surface area contributed by atoms with Crippen molar-refractivity contribution in [3.8, 4) is 0 Å². The minimum absolute atomic E-state index is 0.283. The summed E-state index contributed by atoms with van der Waals surface area (Å²) in [6, 6.07) is 2.69. The van der Waals surface area contributed by atoms with Crippen LogP contribution in [0.5, 0.6) is 0 Å². The van der Waals surface area contributed by atoms with Gasteiger partial charge in [-0.05, 0) is 11.4 Å². The summed E-state index contributed by atoms with van der Waals surface area (Å²) >= 11 is 1.30. The van der Waals surface area contributed by atoms with Gasteiger partial charge in [-0.3, -0.25) is 9.59 Å². The Morgan fingerprint density at radius 3 is 2.71 bits per heavy atom. The predicted molar refractivity (Wildman–Crippen MR) is 72.3 cm³/mol. The Balaban J connectivity index is 2.20. The summed E-state index contributed by atoms with van der Waals surface area (Å²) < 4.78 is 0. The van der Waals surface area contributed by atoms with Crippen molar-refractivity contribution in [1.29, 1.82) is 0 Å². The number of carbonyl (C=O) groups is 3. The minimum atomic E-state index is -1.32. The van der Waals surface area contributed by atoms with Crippen LogP contribution in [0.25, 0.3) is 0 Å². The van der Waals surface area contributed by atoms with Gasteiger partial charge in [-0.15, -0.1) is 11.3 Å². The number of aliphatic carboxylic acids is 1. The Morgan fingerprint density at radius 2 is 2.14 bits per heavy atom. The van der Waals surface area contributed by atoms with Crippen LogP contribution >= 0.6 is 11.3 Å². The van der Waals surface area contributed by atoms with E-state index in [9.17, 15) is 14.4 Å². The number of thiophene rings is 1. The molecule has 2 heterocycles. The summed E-state index contributed by atoms with van der Waals surface area (Å²) in [7, 11) is 0. The van der Waals surface area contributed by atoms with E-state index in [1.54, 1.807) is 17.5 Å². The average molecular weight is 309 g/mol. The van der Waals surface area contributed by atoms with E-state index in [-0.39, 0.29) is 17.8 Å². The second-order valence-corrected chi connectivity index (χ2v) is 5.05. The van der Waals surface area contributed by atoms with Crippen molar-refractivity contribution in [3.63, 3.8) is 0 Å². The normalized spacial score (nSPS) is 11.8. The number of nitrogens with zero attached hydrogens (tertiary/aromatic N) is 1. The van der Waals surface area contributed by atoms with Crippen molar-refractivity contribution >= 4 is 29.2 Å². The number of aromatic carboxylic acids is 1. The van der Waals surface area contributed by atoms with E-state index in [0.29, 0.717) is 4.88 Å². The Kier molecular flexibility index (Phi) is 4.33. The first-order valence-corrected chi connectivity index (χ1v) is 6.69. The van der Waals surface area contributed by atoms with Crippen molar-refractivity contribution in [1.82, 2.24) is 15.3 Å². The van der Waals surface area contributed by atoms with Gasteiger partial charge in [0.15, 0.2) is 11.4 Å². The molecule has 0 fully saturated rings. The van der Waals surface area contributed by atoms with Crippen LogP contribution in [-0.2, 0) is 4.79 Å². The topological polar surface area (TPSA) is 132 Å². The largest absolute Gasteiger partial charge is 0.481 e. The molecule has 0 spiro atoms. The quantitative estimate of drug-likeness (QED) is 0.632. The highest BCUT2D eigenvalue weighted by molar-refractivity contribution is 7.10. The van der Waals surface area contributed by atoms with Gasteiger partial charge in [0, 0.05) is 4.88 Å². The lowest BCUT2D eigenvalue weighted by Crippen LogP contribution is -2.31. The summed E-state index contributed by atoms with van der Waals surface area (Å²) in [5, 5.41) is 22.1. The Bertz CT molecular complexity index is 664. The molecule has 110 valence electrons. The van der Waals surface area contributed by atoms with Crippen molar-refractivity contribution in [3.05, 3.63) is 40.1 Å². The van der Waals surface area contributed by atoms with Crippen molar-refractivity contribution in [2.45, 2.75) is 12.5 Å². The summed E-state index contributed by atoms with van der Waals surface area (Å²) in [5.41, 5.74) is -0.623. The zero-order chi connectivity index (χ0) is 15.4. The zero-order valence-electron chi connectivity index (χ0n) is 10.6. The fourth-order valence-electron chi connectivity index (χ4n) is 1.74. The molecule has 8 nitrogen and oxygen atoms in total. The molecule has 2 aromatic rings. The number of aromatic nitrogens is 2. The second kappa shape index (κ2) is 6.18. The molecule has 2 rings (SSSR count). The number of carboxylic acids is 2. The molecule has 4 N–H and O–H groups in total. The first kappa shape index (κ1) is 14.7.